The van der Waals surface area contributed by atoms with Gasteiger partial charge in [0.15, 0.2) is 6.29 Å². The van der Waals surface area contributed by atoms with Crippen LogP contribution in [0.15, 0.2) is 0 Å². The van der Waals surface area contributed by atoms with Crippen LogP contribution in [-0.4, -0.2) is 37.6 Å². The summed E-state index contributed by atoms with van der Waals surface area (Å²) in [6.07, 6.45) is 4.75. The van der Waals surface area contributed by atoms with Gasteiger partial charge in [-0.2, -0.15) is 11.8 Å². The third-order valence-corrected chi connectivity index (χ3v) is 4.57. The smallest absolute Gasteiger partial charge is 0.157 e. The third-order valence-electron chi connectivity index (χ3n) is 3.59. The molecule has 0 bridgehead atoms. The van der Waals surface area contributed by atoms with Crippen molar-refractivity contribution < 1.29 is 9.47 Å². The van der Waals surface area contributed by atoms with E-state index >= 15 is 0 Å². The zero-order valence-corrected chi connectivity index (χ0v) is 10.1. The fourth-order valence-electron chi connectivity index (χ4n) is 2.36. The van der Waals surface area contributed by atoms with Crippen LogP contribution < -0.4 is 5.73 Å². The molecule has 4 heteroatoms. The van der Waals surface area contributed by atoms with Crippen LogP contribution in [0.25, 0.3) is 0 Å². The van der Waals surface area contributed by atoms with E-state index in [0.29, 0.717) is 5.41 Å². The van der Waals surface area contributed by atoms with E-state index in [1.165, 1.54) is 24.3 Å². The molecule has 2 fully saturated rings. The molecule has 0 amide bonds. The van der Waals surface area contributed by atoms with E-state index < -0.39 is 0 Å². The van der Waals surface area contributed by atoms with E-state index in [1.807, 2.05) is 0 Å². The summed E-state index contributed by atoms with van der Waals surface area (Å²) in [7, 11) is 0. The predicted octanol–water partition coefficient (Wildman–Crippen LogP) is 1.61. The summed E-state index contributed by atoms with van der Waals surface area (Å²) >= 11 is 2.05. The molecule has 0 atom stereocenters. The molecule has 2 rings (SSSR count). The molecule has 0 spiro atoms. The van der Waals surface area contributed by atoms with Gasteiger partial charge in [-0.1, -0.05) is 0 Å². The minimum Gasteiger partial charge on any atom is -0.350 e. The van der Waals surface area contributed by atoms with Crippen molar-refractivity contribution in [2.24, 2.45) is 11.1 Å². The van der Waals surface area contributed by atoms with E-state index in [4.69, 9.17) is 15.2 Å². The lowest BCUT2D eigenvalue weighted by Gasteiger charge is -2.36. The molecule has 0 aromatic carbocycles. The Morgan fingerprint density at radius 2 is 1.87 bits per heavy atom. The molecule has 0 saturated carbocycles. The molecule has 0 radical (unpaired) electrons. The van der Waals surface area contributed by atoms with Gasteiger partial charge < -0.3 is 15.2 Å². The Balaban J connectivity index is 1.78. The SMILES string of the molecule is NCC1(CCC2OCCO2)CCSCC1. The van der Waals surface area contributed by atoms with Gasteiger partial charge >= 0.3 is 0 Å². The fourth-order valence-corrected chi connectivity index (χ4v) is 3.72. The Morgan fingerprint density at radius 3 is 2.47 bits per heavy atom. The average Bonchev–Trinajstić information content (AvgIpc) is 2.81. The predicted molar refractivity (Wildman–Crippen MR) is 63.0 cm³/mol. The topological polar surface area (TPSA) is 44.5 Å². The van der Waals surface area contributed by atoms with Gasteiger partial charge in [0, 0.05) is 0 Å². The van der Waals surface area contributed by atoms with Gasteiger partial charge in [0.2, 0.25) is 0 Å². The van der Waals surface area contributed by atoms with Crippen LogP contribution in [0, 0.1) is 5.41 Å². The summed E-state index contributed by atoms with van der Waals surface area (Å²) in [6, 6.07) is 0. The summed E-state index contributed by atoms with van der Waals surface area (Å²) in [5.74, 6) is 2.53. The number of nitrogens with two attached hydrogens (primary N) is 1. The van der Waals surface area contributed by atoms with Crippen molar-refractivity contribution in [2.45, 2.75) is 32.0 Å². The van der Waals surface area contributed by atoms with Crippen molar-refractivity contribution in [1.29, 1.82) is 0 Å². The molecule has 2 saturated heterocycles. The lowest BCUT2D eigenvalue weighted by molar-refractivity contribution is -0.0547. The molecule has 2 aliphatic heterocycles. The molecule has 15 heavy (non-hydrogen) atoms. The maximum atomic E-state index is 5.93. The first-order valence-corrected chi connectivity index (χ1v) is 7.01. The summed E-state index contributed by atoms with van der Waals surface area (Å²) in [6.45, 7) is 2.34. The van der Waals surface area contributed by atoms with Crippen molar-refractivity contribution in [3.63, 3.8) is 0 Å². The number of thioether (sulfide) groups is 1. The highest BCUT2D eigenvalue weighted by molar-refractivity contribution is 7.99. The second-order valence-electron chi connectivity index (χ2n) is 4.53. The zero-order valence-electron chi connectivity index (χ0n) is 9.24. The summed E-state index contributed by atoms with van der Waals surface area (Å²) < 4.78 is 10.9. The lowest BCUT2D eigenvalue weighted by Crippen LogP contribution is -2.35. The maximum absolute atomic E-state index is 5.93. The summed E-state index contributed by atoms with van der Waals surface area (Å²) in [5.41, 5.74) is 6.31. The number of hydrogen-bond acceptors (Lipinski definition) is 4. The van der Waals surface area contributed by atoms with Gasteiger partial charge in [0.1, 0.15) is 0 Å². The molecule has 2 N–H and O–H groups in total. The zero-order chi connectivity index (χ0) is 10.6. The number of hydrogen-bond donors (Lipinski definition) is 1. The van der Waals surface area contributed by atoms with Crippen LogP contribution in [0.2, 0.25) is 0 Å². The first-order chi connectivity index (χ1) is 7.35. The van der Waals surface area contributed by atoms with Gasteiger partial charge in [-0.15, -0.1) is 0 Å². The maximum Gasteiger partial charge on any atom is 0.157 e. The van der Waals surface area contributed by atoms with E-state index in [0.717, 1.165) is 32.6 Å². The quantitative estimate of drug-likeness (QED) is 0.798. The van der Waals surface area contributed by atoms with Gasteiger partial charge in [0.25, 0.3) is 0 Å². The molecule has 2 aliphatic rings. The highest BCUT2D eigenvalue weighted by atomic mass is 32.2. The van der Waals surface area contributed by atoms with Crippen LogP contribution in [0.3, 0.4) is 0 Å². The molecular formula is C11H21NO2S. The first-order valence-electron chi connectivity index (χ1n) is 5.86. The van der Waals surface area contributed by atoms with Crippen LogP contribution in [-0.2, 0) is 9.47 Å². The van der Waals surface area contributed by atoms with Crippen molar-refractivity contribution in [2.75, 3.05) is 31.3 Å². The van der Waals surface area contributed by atoms with Crippen molar-refractivity contribution >= 4 is 11.8 Å². The number of ether oxygens (including phenoxy) is 2. The Kier molecular flexibility index (Phi) is 4.31. The summed E-state index contributed by atoms with van der Waals surface area (Å²) in [4.78, 5) is 0. The molecule has 0 aliphatic carbocycles. The molecule has 0 aromatic heterocycles. The minimum absolute atomic E-state index is 0.0444. The highest BCUT2D eigenvalue weighted by Gasteiger charge is 2.32. The second-order valence-corrected chi connectivity index (χ2v) is 5.75. The van der Waals surface area contributed by atoms with E-state index in [-0.39, 0.29) is 6.29 Å². The van der Waals surface area contributed by atoms with E-state index in [1.54, 1.807) is 0 Å². The van der Waals surface area contributed by atoms with Crippen LogP contribution in [0.1, 0.15) is 25.7 Å². The van der Waals surface area contributed by atoms with Crippen LogP contribution in [0.5, 0.6) is 0 Å². The van der Waals surface area contributed by atoms with Crippen molar-refractivity contribution in [1.82, 2.24) is 0 Å². The largest absolute Gasteiger partial charge is 0.350 e. The van der Waals surface area contributed by atoms with Crippen molar-refractivity contribution in [3.8, 4) is 0 Å². The first kappa shape index (κ1) is 11.7. The second kappa shape index (κ2) is 5.53. The number of rotatable bonds is 4. The van der Waals surface area contributed by atoms with Crippen LogP contribution >= 0.6 is 11.8 Å². The standard InChI is InChI=1S/C11H21NO2S/c12-9-11(3-7-15-8-4-11)2-1-10-13-5-6-14-10/h10H,1-9,12H2. The Labute approximate surface area is 96.1 Å². The average molecular weight is 231 g/mol. The monoisotopic (exact) mass is 231 g/mol. The van der Waals surface area contributed by atoms with Crippen LogP contribution in [0.4, 0.5) is 0 Å². The Morgan fingerprint density at radius 1 is 1.20 bits per heavy atom. The van der Waals surface area contributed by atoms with Gasteiger partial charge in [-0.25, -0.2) is 0 Å². The van der Waals surface area contributed by atoms with Crippen molar-refractivity contribution in [3.05, 3.63) is 0 Å². The van der Waals surface area contributed by atoms with E-state index in [2.05, 4.69) is 11.8 Å². The van der Waals surface area contributed by atoms with E-state index in [9.17, 15) is 0 Å². The van der Waals surface area contributed by atoms with Gasteiger partial charge in [-0.05, 0) is 49.1 Å². The minimum atomic E-state index is 0.0444. The van der Waals surface area contributed by atoms with Gasteiger partial charge in [0.05, 0.1) is 13.2 Å². The molecule has 88 valence electrons. The molecule has 2 heterocycles. The van der Waals surface area contributed by atoms with Gasteiger partial charge in [-0.3, -0.25) is 0 Å². The molecule has 0 unspecified atom stereocenters. The Bertz CT molecular complexity index is 189. The molecule has 0 aromatic rings. The Hall–Kier alpha value is 0.230. The molecule has 3 nitrogen and oxygen atoms in total. The fraction of sp³-hybridized carbons (Fsp3) is 1.00. The third kappa shape index (κ3) is 3.09. The highest BCUT2D eigenvalue weighted by Crippen LogP contribution is 2.38. The normalized spacial score (nSPS) is 27.0. The summed E-state index contributed by atoms with van der Waals surface area (Å²) in [5, 5.41) is 0. The lowest BCUT2D eigenvalue weighted by atomic mass is 9.78. The molecular weight excluding hydrogens is 210 g/mol.